The molecule has 0 heterocycles. The van der Waals surface area contributed by atoms with Crippen LogP contribution in [0.2, 0.25) is 0 Å². The molecule has 0 fully saturated rings. The van der Waals surface area contributed by atoms with Crippen LogP contribution in [0.25, 0.3) is 0 Å². The first-order valence-electron chi connectivity index (χ1n) is 6.11. The molecule has 18 heavy (non-hydrogen) atoms. The third-order valence-corrected chi connectivity index (χ3v) is 2.70. The first kappa shape index (κ1) is 14.9. The minimum absolute atomic E-state index is 0.0628. The van der Waals surface area contributed by atoms with Crippen LogP contribution in [0, 0.1) is 11.6 Å². The summed E-state index contributed by atoms with van der Waals surface area (Å²) in [6, 6.07) is 2.27. The van der Waals surface area contributed by atoms with Gasteiger partial charge in [0.05, 0.1) is 7.11 Å². The molecule has 0 unspecified atom stereocenters. The van der Waals surface area contributed by atoms with Crippen LogP contribution in [-0.4, -0.2) is 26.7 Å². The van der Waals surface area contributed by atoms with Crippen molar-refractivity contribution in [2.24, 2.45) is 5.73 Å². The van der Waals surface area contributed by atoms with Crippen molar-refractivity contribution in [1.29, 1.82) is 0 Å². The fourth-order valence-corrected chi connectivity index (χ4v) is 1.66. The number of nitrogens with one attached hydrogen (secondary N) is 1. The van der Waals surface area contributed by atoms with Gasteiger partial charge in [-0.2, -0.15) is 0 Å². The normalized spacial score (nSPS) is 10.7. The molecule has 0 aromatic heterocycles. The zero-order valence-electron chi connectivity index (χ0n) is 10.6. The average Bonchev–Trinajstić information content (AvgIpc) is 2.37. The molecule has 0 atom stereocenters. The van der Waals surface area contributed by atoms with Gasteiger partial charge in [0.2, 0.25) is 0 Å². The van der Waals surface area contributed by atoms with Crippen molar-refractivity contribution in [3.8, 4) is 5.75 Å². The Balaban J connectivity index is 2.40. The Morgan fingerprint density at radius 2 is 1.94 bits per heavy atom. The highest BCUT2D eigenvalue weighted by Gasteiger charge is 2.09. The van der Waals surface area contributed by atoms with Crippen molar-refractivity contribution in [2.75, 3.05) is 26.7 Å². The van der Waals surface area contributed by atoms with Crippen molar-refractivity contribution in [1.82, 2.24) is 5.32 Å². The van der Waals surface area contributed by atoms with Crippen LogP contribution in [0.3, 0.4) is 0 Å². The number of unbranched alkanes of at least 4 members (excludes halogenated alkanes) is 1. The zero-order chi connectivity index (χ0) is 13.4. The number of hydrogen-bond donors (Lipinski definition) is 2. The standard InChI is InChI=1S/C13H20F2N2O/c1-18-13-9-11(14)10(8-12(13)15)4-7-17-6-3-2-5-16/h8-9,17H,2-7,16H2,1H3. The van der Waals surface area contributed by atoms with E-state index in [1.165, 1.54) is 13.2 Å². The second kappa shape index (κ2) is 8.00. The number of ether oxygens (including phenoxy) is 1. The van der Waals surface area contributed by atoms with Crippen molar-refractivity contribution in [3.63, 3.8) is 0 Å². The number of rotatable bonds is 8. The number of nitrogens with two attached hydrogens (primary N) is 1. The molecule has 0 aliphatic carbocycles. The molecule has 0 aliphatic heterocycles. The van der Waals surface area contributed by atoms with Gasteiger partial charge < -0.3 is 15.8 Å². The molecule has 3 nitrogen and oxygen atoms in total. The highest BCUT2D eigenvalue weighted by molar-refractivity contribution is 5.31. The summed E-state index contributed by atoms with van der Waals surface area (Å²) in [6.45, 7) is 2.14. The quantitative estimate of drug-likeness (QED) is 0.699. The average molecular weight is 258 g/mol. The van der Waals surface area contributed by atoms with Crippen molar-refractivity contribution >= 4 is 0 Å². The van der Waals surface area contributed by atoms with E-state index in [4.69, 9.17) is 10.5 Å². The Kier molecular flexibility index (Phi) is 6.60. The van der Waals surface area contributed by atoms with Crippen LogP contribution >= 0.6 is 0 Å². The summed E-state index contributed by atoms with van der Waals surface area (Å²) in [6.07, 6.45) is 2.42. The van der Waals surface area contributed by atoms with Gasteiger partial charge in [-0.3, -0.25) is 0 Å². The molecule has 0 radical (unpaired) electrons. The maximum Gasteiger partial charge on any atom is 0.165 e. The monoisotopic (exact) mass is 258 g/mol. The van der Waals surface area contributed by atoms with Crippen LogP contribution in [0.1, 0.15) is 18.4 Å². The lowest BCUT2D eigenvalue weighted by molar-refractivity contribution is 0.381. The third kappa shape index (κ3) is 4.58. The van der Waals surface area contributed by atoms with Crippen LogP contribution < -0.4 is 15.8 Å². The van der Waals surface area contributed by atoms with Gasteiger partial charge in [0.25, 0.3) is 0 Å². The molecule has 0 aliphatic rings. The van der Waals surface area contributed by atoms with Crippen LogP contribution in [0.5, 0.6) is 5.75 Å². The Labute approximate surface area is 106 Å². The molecule has 0 saturated carbocycles. The van der Waals surface area contributed by atoms with E-state index in [0.29, 0.717) is 25.1 Å². The molecule has 0 amide bonds. The minimum atomic E-state index is -0.531. The second-order valence-corrected chi connectivity index (χ2v) is 4.07. The SMILES string of the molecule is COc1cc(F)c(CCNCCCCN)cc1F. The summed E-state index contributed by atoms with van der Waals surface area (Å²) in [7, 11) is 1.32. The summed E-state index contributed by atoms with van der Waals surface area (Å²) in [5, 5.41) is 3.17. The molecular weight excluding hydrogens is 238 g/mol. The highest BCUT2D eigenvalue weighted by atomic mass is 19.1. The van der Waals surface area contributed by atoms with Gasteiger partial charge in [-0.25, -0.2) is 8.78 Å². The van der Waals surface area contributed by atoms with Crippen molar-refractivity contribution in [2.45, 2.75) is 19.3 Å². The first-order valence-corrected chi connectivity index (χ1v) is 6.11. The van der Waals surface area contributed by atoms with E-state index in [2.05, 4.69) is 5.32 Å². The maximum atomic E-state index is 13.6. The lowest BCUT2D eigenvalue weighted by Gasteiger charge is -2.08. The van der Waals surface area contributed by atoms with E-state index in [9.17, 15) is 8.78 Å². The summed E-state index contributed by atoms with van der Waals surface area (Å²) in [4.78, 5) is 0. The van der Waals surface area contributed by atoms with Gasteiger partial charge in [0.15, 0.2) is 11.6 Å². The van der Waals surface area contributed by atoms with Crippen LogP contribution in [-0.2, 0) is 6.42 Å². The molecule has 0 saturated heterocycles. The van der Waals surface area contributed by atoms with E-state index in [1.807, 2.05) is 0 Å². The van der Waals surface area contributed by atoms with Gasteiger partial charge in [0.1, 0.15) is 5.82 Å². The second-order valence-electron chi connectivity index (χ2n) is 4.07. The summed E-state index contributed by atoms with van der Waals surface area (Å²) in [5.74, 6) is -1.03. The predicted molar refractivity (Wildman–Crippen MR) is 67.8 cm³/mol. The number of hydrogen-bond acceptors (Lipinski definition) is 3. The molecule has 0 spiro atoms. The Hall–Kier alpha value is -1.20. The molecular formula is C13H20F2N2O. The van der Waals surface area contributed by atoms with E-state index in [-0.39, 0.29) is 5.75 Å². The molecule has 1 rings (SSSR count). The molecule has 0 bridgehead atoms. The summed E-state index contributed by atoms with van der Waals surface area (Å²) in [5.41, 5.74) is 5.73. The van der Waals surface area contributed by atoms with E-state index < -0.39 is 11.6 Å². The first-order chi connectivity index (χ1) is 8.69. The van der Waals surface area contributed by atoms with Gasteiger partial charge in [-0.05, 0) is 50.5 Å². The largest absolute Gasteiger partial charge is 0.494 e. The zero-order valence-corrected chi connectivity index (χ0v) is 10.6. The van der Waals surface area contributed by atoms with E-state index in [1.54, 1.807) is 0 Å². The predicted octanol–water partition coefficient (Wildman–Crippen LogP) is 1.84. The van der Waals surface area contributed by atoms with Crippen molar-refractivity contribution < 1.29 is 13.5 Å². The van der Waals surface area contributed by atoms with Crippen molar-refractivity contribution in [3.05, 3.63) is 29.3 Å². The molecule has 102 valence electrons. The number of methoxy groups -OCH3 is 1. The molecule has 5 heteroatoms. The fourth-order valence-electron chi connectivity index (χ4n) is 1.66. The number of halogens is 2. The minimum Gasteiger partial charge on any atom is -0.494 e. The number of benzene rings is 1. The Bertz CT molecular complexity index is 372. The summed E-state index contributed by atoms with van der Waals surface area (Å²) < 4.78 is 31.6. The van der Waals surface area contributed by atoms with E-state index >= 15 is 0 Å². The molecule has 1 aromatic rings. The van der Waals surface area contributed by atoms with Gasteiger partial charge in [0, 0.05) is 6.07 Å². The molecule has 3 N–H and O–H groups in total. The third-order valence-electron chi connectivity index (χ3n) is 2.70. The van der Waals surface area contributed by atoms with Gasteiger partial charge >= 0.3 is 0 Å². The fraction of sp³-hybridized carbons (Fsp3) is 0.538. The van der Waals surface area contributed by atoms with Crippen LogP contribution in [0.15, 0.2) is 12.1 Å². The Morgan fingerprint density at radius 1 is 1.17 bits per heavy atom. The smallest absolute Gasteiger partial charge is 0.165 e. The van der Waals surface area contributed by atoms with E-state index in [0.717, 1.165) is 25.5 Å². The van der Waals surface area contributed by atoms with Gasteiger partial charge in [-0.1, -0.05) is 0 Å². The summed E-state index contributed by atoms with van der Waals surface area (Å²) >= 11 is 0. The molecule has 1 aromatic carbocycles. The Morgan fingerprint density at radius 3 is 2.61 bits per heavy atom. The lowest BCUT2D eigenvalue weighted by Crippen LogP contribution is -2.19. The van der Waals surface area contributed by atoms with Crippen LogP contribution in [0.4, 0.5) is 8.78 Å². The lowest BCUT2D eigenvalue weighted by atomic mass is 10.1. The maximum absolute atomic E-state index is 13.6. The van der Waals surface area contributed by atoms with Gasteiger partial charge in [-0.15, -0.1) is 0 Å². The topological polar surface area (TPSA) is 47.3 Å². The highest BCUT2D eigenvalue weighted by Crippen LogP contribution is 2.21.